The summed E-state index contributed by atoms with van der Waals surface area (Å²) >= 11 is 0. The van der Waals surface area contributed by atoms with Gasteiger partial charge in [-0.2, -0.15) is 0 Å². The fraction of sp³-hybridized carbons (Fsp3) is 0.500. The second-order valence-electron chi connectivity index (χ2n) is 5.27. The molecular formula is C14H21ClN2O. The number of carbonyl (C=O) groups is 1. The number of amides is 1. The van der Waals surface area contributed by atoms with E-state index in [1.165, 1.54) is 0 Å². The van der Waals surface area contributed by atoms with Gasteiger partial charge in [-0.3, -0.25) is 4.79 Å². The Kier molecular flexibility index (Phi) is 4.41. The standard InChI is InChI=1S/C14H20N2O.ClH/c1-14(9-10-15(2)3)11-7-5-6-8-12(11)16(4)13(14)17;/h5-8H,9-10H2,1-4H3;1H. The Morgan fingerprint density at radius 2 is 1.89 bits per heavy atom. The van der Waals surface area contributed by atoms with Crippen molar-refractivity contribution in [2.75, 3.05) is 32.6 Å². The van der Waals surface area contributed by atoms with Gasteiger partial charge in [0.2, 0.25) is 5.91 Å². The Morgan fingerprint density at radius 1 is 1.28 bits per heavy atom. The van der Waals surface area contributed by atoms with E-state index in [4.69, 9.17) is 0 Å². The molecule has 0 aliphatic carbocycles. The fourth-order valence-electron chi connectivity index (χ4n) is 2.52. The number of likely N-dealkylation sites (N-methyl/N-ethyl adjacent to an activating group) is 1. The molecule has 0 saturated heterocycles. The monoisotopic (exact) mass is 268 g/mol. The summed E-state index contributed by atoms with van der Waals surface area (Å²) in [5.74, 6) is 0.209. The van der Waals surface area contributed by atoms with Gasteiger partial charge in [0.25, 0.3) is 0 Å². The van der Waals surface area contributed by atoms with Crippen molar-refractivity contribution >= 4 is 24.0 Å². The van der Waals surface area contributed by atoms with Gasteiger partial charge in [0.15, 0.2) is 0 Å². The predicted molar refractivity (Wildman–Crippen MR) is 77.6 cm³/mol. The van der Waals surface area contributed by atoms with Crippen molar-refractivity contribution in [3.63, 3.8) is 0 Å². The van der Waals surface area contributed by atoms with Crippen LogP contribution in [0.1, 0.15) is 18.9 Å². The first-order valence-corrected chi connectivity index (χ1v) is 5.99. The van der Waals surface area contributed by atoms with Crippen molar-refractivity contribution in [2.24, 2.45) is 0 Å². The van der Waals surface area contributed by atoms with E-state index in [1.54, 1.807) is 4.90 Å². The van der Waals surface area contributed by atoms with Crippen LogP contribution >= 0.6 is 12.4 Å². The van der Waals surface area contributed by atoms with Crippen LogP contribution in [0, 0.1) is 0 Å². The average molecular weight is 269 g/mol. The van der Waals surface area contributed by atoms with Crippen LogP contribution in [0.15, 0.2) is 24.3 Å². The summed E-state index contributed by atoms with van der Waals surface area (Å²) in [6.07, 6.45) is 0.861. The molecular weight excluding hydrogens is 248 g/mol. The zero-order valence-electron chi connectivity index (χ0n) is 11.4. The van der Waals surface area contributed by atoms with Gasteiger partial charge >= 0.3 is 0 Å². The van der Waals surface area contributed by atoms with Crippen molar-refractivity contribution in [2.45, 2.75) is 18.8 Å². The van der Waals surface area contributed by atoms with Crippen LogP contribution in [0.4, 0.5) is 5.69 Å². The molecule has 1 aromatic carbocycles. The summed E-state index contributed by atoms with van der Waals surface area (Å²) in [4.78, 5) is 16.3. The molecule has 18 heavy (non-hydrogen) atoms. The van der Waals surface area contributed by atoms with Crippen LogP contribution in [0.3, 0.4) is 0 Å². The molecule has 2 rings (SSSR count). The number of anilines is 1. The number of fused-ring (bicyclic) bond motifs is 1. The first kappa shape index (κ1) is 15.0. The number of para-hydroxylation sites is 1. The van der Waals surface area contributed by atoms with E-state index < -0.39 is 0 Å². The molecule has 1 unspecified atom stereocenters. The van der Waals surface area contributed by atoms with Gasteiger partial charge in [0.1, 0.15) is 0 Å². The van der Waals surface area contributed by atoms with Crippen molar-refractivity contribution in [1.82, 2.24) is 4.90 Å². The van der Waals surface area contributed by atoms with Crippen LogP contribution < -0.4 is 4.90 Å². The van der Waals surface area contributed by atoms with E-state index in [9.17, 15) is 4.79 Å². The lowest BCUT2D eigenvalue weighted by molar-refractivity contribution is -0.122. The van der Waals surface area contributed by atoms with Gasteiger partial charge in [0.05, 0.1) is 5.41 Å². The van der Waals surface area contributed by atoms with Crippen molar-refractivity contribution in [3.8, 4) is 0 Å². The zero-order chi connectivity index (χ0) is 12.6. The topological polar surface area (TPSA) is 23.6 Å². The van der Waals surface area contributed by atoms with Crippen LogP contribution in [0.5, 0.6) is 0 Å². The summed E-state index contributed by atoms with van der Waals surface area (Å²) in [6, 6.07) is 8.10. The quantitative estimate of drug-likeness (QED) is 0.840. The van der Waals surface area contributed by atoms with Crippen LogP contribution in [0.25, 0.3) is 0 Å². The molecule has 100 valence electrons. The zero-order valence-corrected chi connectivity index (χ0v) is 12.3. The maximum Gasteiger partial charge on any atom is 0.237 e. The molecule has 3 nitrogen and oxygen atoms in total. The van der Waals surface area contributed by atoms with E-state index in [0.717, 1.165) is 24.2 Å². The minimum atomic E-state index is -0.365. The van der Waals surface area contributed by atoms with E-state index in [-0.39, 0.29) is 23.7 Å². The summed E-state index contributed by atoms with van der Waals surface area (Å²) in [5.41, 5.74) is 1.85. The lowest BCUT2D eigenvalue weighted by atomic mass is 9.80. The van der Waals surface area contributed by atoms with Crippen LogP contribution in [-0.4, -0.2) is 38.5 Å². The van der Waals surface area contributed by atoms with E-state index >= 15 is 0 Å². The van der Waals surface area contributed by atoms with Gasteiger partial charge < -0.3 is 9.80 Å². The predicted octanol–water partition coefficient (Wildman–Crippen LogP) is 2.29. The Labute approximate surface area is 115 Å². The molecule has 0 spiro atoms. The van der Waals surface area contributed by atoms with Gasteiger partial charge in [0, 0.05) is 12.7 Å². The number of hydrogen-bond donors (Lipinski definition) is 0. The average Bonchev–Trinajstić information content (AvgIpc) is 2.51. The number of hydrogen-bond acceptors (Lipinski definition) is 2. The minimum Gasteiger partial charge on any atom is -0.314 e. The molecule has 0 radical (unpaired) electrons. The molecule has 0 fully saturated rings. The van der Waals surface area contributed by atoms with Gasteiger partial charge in [-0.05, 0) is 45.6 Å². The Morgan fingerprint density at radius 3 is 2.50 bits per heavy atom. The first-order chi connectivity index (χ1) is 7.97. The second-order valence-corrected chi connectivity index (χ2v) is 5.27. The van der Waals surface area contributed by atoms with E-state index in [1.807, 2.05) is 39.3 Å². The molecule has 4 heteroatoms. The summed E-state index contributed by atoms with van der Waals surface area (Å²) < 4.78 is 0. The van der Waals surface area contributed by atoms with Gasteiger partial charge in [-0.25, -0.2) is 0 Å². The Bertz CT molecular complexity index is 447. The lowest BCUT2D eigenvalue weighted by Gasteiger charge is -2.25. The van der Waals surface area contributed by atoms with Gasteiger partial charge in [-0.15, -0.1) is 12.4 Å². The number of benzene rings is 1. The number of carbonyl (C=O) groups excluding carboxylic acids is 1. The van der Waals surface area contributed by atoms with Crippen molar-refractivity contribution in [3.05, 3.63) is 29.8 Å². The SMILES string of the molecule is CN(C)CCC1(C)C(=O)N(C)c2ccccc21.Cl. The molecule has 1 aliphatic rings. The third-order valence-electron chi connectivity index (χ3n) is 3.70. The van der Waals surface area contributed by atoms with Crippen molar-refractivity contribution in [1.29, 1.82) is 0 Å². The van der Waals surface area contributed by atoms with Crippen LogP contribution in [-0.2, 0) is 10.2 Å². The highest BCUT2D eigenvalue weighted by molar-refractivity contribution is 6.07. The maximum atomic E-state index is 12.4. The highest BCUT2D eigenvalue weighted by atomic mass is 35.5. The first-order valence-electron chi connectivity index (χ1n) is 5.99. The largest absolute Gasteiger partial charge is 0.314 e. The number of nitrogens with zero attached hydrogens (tertiary/aromatic N) is 2. The molecule has 0 N–H and O–H groups in total. The van der Waals surface area contributed by atoms with Crippen molar-refractivity contribution < 1.29 is 4.79 Å². The van der Waals surface area contributed by atoms with Crippen LogP contribution in [0.2, 0.25) is 0 Å². The number of halogens is 1. The molecule has 1 atom stereocenters. The maximum absolute atomic E-state index is 12.4. The molecule has 0 bridgehead atoms. The molecule has 1 aromatic rings. The second kappa shape index (κ2) is 5.29. The third kappa shape index (κ3) is 2.25. The lowest BCUT2D eigenvalue weighted by Crippen LogP contribution is -2.38. The van der Waals surface area contributed by atoms with E-state index in [2.05, 4.69) is 17.9 Å². The molecule has 0 saturated carbocycles. The smallest absolute Gasteiger partial charge is 0.237 e. The molecule has 0 aromatic heterocycles. The molecule has 1 aliphatic heterocycles. The highest BCUT2D eigenvalue weighted by Gasteiger charge is 2.45. The Hall–Kier alpha value is -1.06. The normalized spacial score (nSPS) is 22.1. The fourth-order valence-corrected chi connectivity index (χ4v) is 2.52. The molecule has 1 amide bonds. The summed E-state index contributed by atoms with van der Waals surface area (Å²) in [7, 11) is 5.94. The van der Waals surface area contributed by atoms with Gasteiger partial charge in [-0.1, -0.05) is 18.2 Å². The summed E-state index contributed by atoms with van der Waals surface area (Å²) in [6.45, 7) is 2.98. The third-order valence-corrected chi connectivity index (χ3v) is 3.70. The number of rotatable bonds is 3. The molecule has 1 heterocycles. The minimum absolute atomic E-state index is 0. The highest BCUT2D eigenvalue weighted by Crippen LogP contribution is 2.42. The Balaban J connectivity index is 0.00000162. The summed E-state index contributed by atoms with van der Waals surface area (Å²) in [5, 5.41) is 0. The van der Waals surface area contributed by atoms with E-state index in [0.29, 0.717) is 0 Å².